The lowest BCUT2D eigenvalue weighted by Crippen LogP contribution is -2.42. The van der Waals surface area contributed by atoms with Gasteiger partial charge < -0.3 is 19.5 Å². The molecule has 6 nitrogen and oxygen atoms in total. The number of rotatable bonds is 10. The summed E-state index contributed by atoms with van der Waals surface area (Å²) in [5.74, 6) is -0.00894. The number of methoxy groups -OCH3 is 1. The largest absolute Gasteiger partial charge is 0.492 e. The Balaban J connectivity index is 3.02. The van der Waals surface area contributed by atoms with Gasteiger partial charge in [0.2, 0.25) is 0 Å². The fraction of sp³-hybridized carbons (Fsp3) is 0.600. The van der Waals surface area contributed by atoms with Crippen molar-refractivity contribution in [2.45, 2.75) is 53.1 Å². The standard InChI is InChI=1S/C20H31NO5/c1-7-11-26-20(5,8-2)19(23)21-15-9-10-17(25-13-14(3)4)16(12-15)18(22)24-6/h9-10,12,14H,7-8,11,13H2,1-6H3,(H,21,23)/t20-/m1/s1. The van der Waals surface area contributed by atoms with Crippen molar-refractivity contribution >= 4 is 17.6 Å². The number of nitrogens with one attached hydrogen (secondary N) is 1. The molecule has 0 fully saturated rings. The van der Waals surface area contributed by atoms with Crippen LogP contribution in [-0.4, -0.2) is 37.8 Å². The number of ether oxygens (including phenoxy) is 3. The van der Waals surface area contributed by atoms with Gasteiger partial charge in [-0.1, -0.05) is 27.7 Å². The summed E-state index contributed by atoms with van der Waals surface area (Å²) in [5.41, 5.74) is -0.153. The van der Waals surface area contributed by atoms with Crippen molar-refractivity contribution in [1.82, 2.24) is 0 Å². The van der Waals surface area contributed by atoms with Crippen LogP contribution in [0.4, 0.5) is 5.69 Å². The molecule has 0 unspecified atom stereocenters. The van der Waals surface area contributed by atoms with Crippen LogP contribution in [-0.2, 0) is 14.3 Å². The first-order valence-corrected chi connectivity index (χ1v) is 9.07. The Morgan fingerprint density at radius 3 is 2.46 bits per heavy atom. The molecule has 1 amide bonds. The molecule has 0 bridgehead atoms. The topological polar surface area (TPSA) is 73.9 Å². The van der Waals surface area contributed by atoms with Crippen molar-refractivity contribution < 1.29 is 23.8 Å². The third kappa shape index (κ3) is 6.02. The second-order valence-electron chi connectivity index (χ2n) is 6.79. The van der Waals surface area contributed by atoms with Crippen LogP contribution in [0.5, 0.6) is 5.75 Å². The van der Waals surface area contributed by atoms with Crippen molar-refractivity contribution in [3.63, 3.8) is 0 Å². The van der Waals surface area contributed by atoms with Gasteiger partial charge in [-0.2, -0.15) is 0 Å². The van der Waals surface area contributed by atoms with Crippen LogP contribution in [0.1, 0.15) is 57.8 Å². The summed E-state index contributed by atoms with van der Waals surface area (Å²) < 4.78 is 16.2. The molecule has 1 atom stereocenters. The van der Waals surface area contributed by atoms with E-state index in [1.165, 1.54) is 7.11 Å². The molecule has 1 N–H and O–H groups in total. The highest BCUT2D eigenvalue weighted by Gasteiger charge is 2.32. The van der Waals surface area contributed by atoms with Crippen LogP contribution in [0.15, 0.2) is 18.2 Å². The maximum absolute atomic E-state index is 12.6. The van der Waals surface area contributed by atoms with Crippen LogP contribution < -0.4 is 10.1 Å². The number of anilines is 1. The molecule has 146 valence electrons. The van der Waals surface area contributed by atoms with E-state index in [0.717, 1.165) is 6.42 Å². The summed E-state index contributed by atoms with van der Waals surface area (Å²) in [7, 11) is 1.31. The van der Waals surface area contributed by atoms with Crippen molar-refractivity contribution in [2.24, 2.45) is 5.92 Å². The Morgan fingerprint density at radius 1 is 1.23 bits per heavy atom. The molecule has 0 aliphatic carbocycles. The molecule has 6 heteroatoms. The highest BCUT2D eigenvalue weighted by atomic mass is 16.5. The van der Waals surface area contributed by atoms with Gasteiger partial charge in [0.25, 0.3) is 5.91 Å². The Bertz CT molecular complexity index is 614. The average molecular weight is 365 g/mol. The van der Waals surface area contributed by atoms with Gasteiger partial charge >= 0.3 is 5.97 Å². The molecular formula is C20H31NO5. The molecule has 0 spiro atoms. The maximum Gasteiger partial charge on any atom is 0.341 e. The normalized spacial score (nSPS) is 13.2. The number of amides is 1. The first kappa shape index (κ1) is 22.0. The molecule has 0 heterocycles. The summed E-state index contributed by atoms with van der Waals surface area (Å²) in [4.78, 5) is 24.7. The van der Waals surface area contributed by atoms with E-state index >= 15 is 0 Å². The summed E-state index contributed by atoms with van der Waals surface area (Å²) in [6.07, 6.45) is 1.37. The molecule has 0 radical (unpaired) electrons. The van der Waals surface area contributed by atoms with Gasteiger partial charge in [-0.15, -0.1) is 0 Å². The molecule has 0 saturated carbocycles. The molecule has 0 aliphatic heterocycles. The van der Waals surface area contributed by atoms with Gasteiger partial charge in [0.15, 0.2) is 0 Å². The minimum Gasteiger partial charge on any atom is -0.492 e. The van der Waals surface area contributed by atoms with Gasteiger partial charge in [0, 0.05) is 12.3 Å². The first-order chi connectivity index (χ1) is 12.3. The lowest BCUT2D eigenvalue weighted by Gasteiger charge is -2.27. The van der Waals surface area contributed by atoms with Crippen molar-refractivity contribution in [1.29, 1.82) is 0 Å². The van der Waals surface area contributed by atoms with Gasteiger partial charge in [0.1, 0.15) is 16.9 Å². The summed E-state index contributed by atoms with van der Waals surface area (Å²) >= 11 is 0. The number of hydrogen-bond donors (Lipinski definition) is 1. The average Bonchev–Trinajstić information content (AvgIpc) is 2.63. The van der Waals surface area contributed by atoms with Crippen molar-refractivity contribution in [2.75, 3.05) is 25.6 Å². The lowest BCUT2D eigenvalue weighted by atomic mass is 10.0. The summed E-state index contributed by atoms with van der Waals surface area (Å²) in [6, 6.07) is 4.94. The zero-order valence-electron chi connectivity index (χ0n) is 16.7. The quantitative estimate of drug-likeness (QED) is 0.633. The molecule has 1 aromatic carbocycles. The van der Waals surface area contributed by atoms with E-state index in [1.54, 1.807) is 25.1 Å². The zero-order chi connectivity index (χ0) is 19.7. The third-order valence-corrected chi connectivity index (χ3v) is 3.99. The molecular weight excluding hydrogens is 334 g/mol. The lowest BCUT2D eigenvalue weighted by molar-refractivity contribution is -0.139. The fourth-order valence-corrected chi connectivity index (χ4v) is 2.18. The maximum atomic E-state index is 12.6. The van der Waals surface area contributed by atoms with E-state index in [0.29, 0.717) is 37.0 Å². The number of esters is 1. The third-order valence-electron chi connectivity index (χ3n) is 3.99. The number of carbonyl (C=O) groups excluding carboxylic acids is 2. The smallest absolute Gasteiger partial charge is 0.341 e. The van der Waals surface area contributed by atoms with Gasteiger partial charge in [-0.3, -0.25) is 4.79 Å². The van der Waals surface area contributed by atoms with Gasteiger partial charge in [-0.05, 0) is 43.9 Å². The van der Waals surface area contributed by atoms with Crippen LogP contribution in [0.25, 0.3) is 0 Å². The molecule has 1 rings (SSSR count). The summed E-state index contributed by atoms with van der Waals surface area (Å²) in [6.45, 7) is 10.7. The Hall–Kier alpha value is -2.08. The zero-order valence-corrected chi connectivity index (χ0v) is 16.7. The van der Waals surface area contributed by atoms with Crippen LogP contribution in [0, 0.1) is 5.92 Å². The van der Waals surface area contributed by atoms with Crippen LogP contribution >= 0.6 is 0 Å². The second-order valence-corrected chi connectivity index (χ2v) is 6.79. The Labute approximate surface area is 156 Å². The van der Waals surface area contributed by atoms with Crippen LogP contribution in [0.2, 0.25) is 0 Å². The SMILES string of the molecule is CCCO[C@](C)(CC)C(=O)Nc1ccc(OCC(C)C)c(C(=O)OC)c1. The number of hydrogen-bond acceptors (Lipinski definition) is 5. The number of carbonyl (C=O) groups is 2. The minimum absolute atomic E-state index is 0.250. The molecule has 0 aliphatic rings. The fourth-order valence-electron chi connectivity index (χ4n) is 2.18. The van der Waals surface area contributed by atoms with Crippen molar-refractivity contribution in [3.05, 3.63) is 23.8 Å². The van der Waals surface area contributed by atoms with E-state index < -0.39 is 11.6 Å². The first-order valence-electron chi connectivity index (χ1n) is 9.07. The predicted octanol–water partition coefficient (Wildman–Crippen LogP) is 4.04. The van der Waals surface area contributed by atoms with E-state index in [2.05, 4.69) is 5.32 Å². The minimum atomic E-state index is -0.922. The second kappa shape index (κ2) is 10.2. The van der Waals surface area contributed by atoms with Crippen LogP contribution in [0.3, 0.4) is 0 Å². The summed E-state index contributed by atoms with van der Waals surface area (Å²) in [5, 5.41) is 2.83. The van der Waals surface area contributed by atoms with E-state index in [4.69, 9.17) is 14.2 Å². The van der Waals surface area contributed by atoms with E-state index in [9.17, 15) is 9.59 Å². The van der Waals surface area contributed by atoms with Gasteiger partial charge in [-0.25, -0.2) is 4.79 Å². The van der Waals surface area contributed by atoms with Gasteiger partial charge in [0.05, 0.1) is 13.7 Å². The highest BCUT2D eigenvalue weighted by molar-refractivity contribution is 5.99. The molecule has 0 aromatic heterocycles. The molecule has 0 saturated heterocycles. The number of benzene rings is 1. The predicted molar refractivity (Wildman–Crippen MR) is 102 cm³/mol. The van der Waals surface area contributed by atoms with E-state index in [1.807, 2.05) is 27.7 Å². The van der Waals surface area contributed by atoms with Crippen molar-refractivity contribution in [3.8, 4) is 5.75 Å². The monoisotopic (exact) mass is 365 g/mol. The Kier molecular flexibility index (Phi) is 8.58. The molecule has 26 heavy (non-hydrogen) atoms. The van der Waals surface area contributed by atoms with E-state index in [-0.39, 0.29) is 11.5 Å². The molecule has 1 aromatic rings. The highest BCUT2D eigenvalue weighted by Crippen LogP contribution is 2.26. The Morgan fingerprint density at radius 2 is 1.92 bits per heavy atom.